The van der Waals surface area contributed by atoms with Gasteiger partial charge >= 0.3 is 0 Å². The highest BCUT2D eigenvalue weighted by molar-refractivity contribution is 7.80. The fraction of sp³-hybridized carbons (Fsp3) is 0.133. The average molecular weight is 257 g/mol. The van der Waals surface area contributed by atoms with Gasteiger partial charge in [-0.25, -0.2) is 0 Å². The van der Waals surface area contributed by atoms with Gasteiger partial charge < -0.3 is 4.90 Å². The first kappa shape index (κ1) is 12.7. The maximum Gasteiger partial charge on any atom is 0.258 e. The van der Waals surface area contributed by atoms with Crippen LogP contribution in [0.3, 0.4) is 0 Å². The Balaban J connectivity index is 2.29. The van der Waals surface area contributed by atoms with E-state index in [1.807, 2.05) is 43.3 Å². The van der Waals surface area contributed by atoms with E-state index in [9.17, 15) is 4.79 Å². The minimum Gasteiger partial charge on any atom is -0.311 e. The Hall–Kier alpha value is -1.74. The molecule has 3 heteroatoms. The van der Waals surface area contributed by atoms with Crippen LogP contribution in [0.1, 0.15) is 15.9 Å². The van der Waals surface area contributed by atoms with Gasteiger partial charge in [-0.05, 0) is 42.8 Å². The van der Waals surface area contributed by atoms with Crippen molar-refractivity contribution in [2.24, 2.45) is 0 Å². The van der Waals surface area contributed by atoms with Crippen molar-refractivity contribution in [2.45, 2.75) is 11.8 Å². The van der Waals surface area contributed by atoms with Crippen LogP contribution in [0, 0.1) is 6.92 Å². The Morgan fingerprint density at radius 2 is 1.67 bits per heavy atom. The molecule has 0 aliphatic heterocycles. The molecule has 0 saturated heterocycles. The van der Waals surface area contributed by atoms with Crippen molar-refractivity contribution < 1.29 is 4.79 Å². The number of hydrogen-bond acceptors (Lipinski definition) is 2. The first-order chi connectivity index (χ1) is 8.59. The highest BCUT2D eigenvalue weighted by Gasteiger charge is 2.14. The van der Waals surface area contributed by atoms with Crippen molar-refractivity contribution in [1.29, 1.82) is 0 Å². The number of nitrogens with zero attached hydrogens (tertiary/aromatic N) is 1. The molecule has 2 aromatic rings. The van der Waals surface area contributed by atoms with Crippen LogP contribution >= 0.6 is 12.6 Å². The van der Waals surface area contributed by atoms with E-state index >= 15 is 0 Å². The average Bonchev–Trinajstić information content (AvgIpc) is 2.38. The van der Waals surface area contributed by atoms with Crippen LogP contribution < -0.4 is 4.90 Å². The van der Waals surface area contributed by atoms with E-state index in [0.29, 0.717) is 5.56 Å². The van der Waals surface area contributed by atoms with Gasteiger partial charge in [0.1, 0.15) is 0 Å². The summed E-state index contributed by atoms with van der Waals surface area (Å²) in [6, 6.07) is 15.1. The van der Waals surface area contributed by atoms with E-state index in [1.54, 1.807) is 24.1 Å². The number of carbonyl (C=O) groups is 1. The molecule has 0 aromatic heterocycles. The van der Waals surface area contributed by atoms with E-state index in [4.69, 9.17) is 0 Å². The number of amides is 1. The molecule has 0 fully saturated rings. The summed E-state index contributed by atoms with van der Waals surface area (Å²) in [7, 11) is 1.79. The smallest absolute Gasteiger partial charge is 0.258 e. The second-order valence-corrected chi connectivity index (χ2v) is 4.71. The molecule has 0 unspecified atom stereocenters. The summed E-state index contributed by atoms with van der Waals surface area (Å²) in [5.41, 5.74) is 2.68. The Bertz CT molecular complexity index is 563. The SMILES string of the molecule is Cc1ccccc1N(C)C(=O)c1ccc(S)cc1. The van der Waals surface area contributed by atoms with E-state index in [0.717, 1.165) is 16.1 Å². The summed E-state index contributed by atoms with van der Waals surface area (Å²) in [6.07, 6.45) is 0. The van der Waals surface area contributed by atoms with Crippen LogP contribution in [0.4, 0.5) is 5.69 Å². The van der Waals surface area contributed by atoms with Crippen LogP contribution in [0.15, 0.2) is 53.4 Å². The molecule has 1 amide bonds. The second-order valence-electron chi connectivity index (χ2n) is 4.20. The lowest BCUT2D eigenvalue weighted by Crippen LogP contribution is -2.26. The van der Waals surface area contributed by atoms with Crippen molar-refractivity contribution in [3.63, 3.8) is 0 Å². The van der Waals surface area contributed by atoms with Crippen molar-refractivity contribution >= 4 is 24.2 Å². The van der Waals surface area contributed by atoms with Gasteiger partial charge in [0.25, 0.3) is 5.91 Å². The van der Waals surface area contributed by atoms with Gasteiger partial charge in [0, 0.05) is 23.2 Å². The summed E-state index contributed by atoms with van der Waals surface area (Å²) < 4.78 is 0. The lowest BCUT2D eigenvalue weighted by Gasteiger charge is -2.19. The summed E-state index contributed by atoms with van der Waals surface area (Å²) in [4.78, 5) is 14.8. The summed E-state index contributed by atoms with van der Waals surface area (Å²) in [5, 5.41) is 0. The summed E-state index contributed by atoms with van der Waals surface area (Å²) in [5.74, 6) is -0.0161. The lowest BCUT2D eigenvalue weighted by molar-refractivity contribution is 0.0993. The zero-order chi connectivity index (χ0) is 13.1. The van der Waals surface area contributed by atoms with E-state index in [-0.39, 0.29) is 5.91 Å². The predicted molar refractivity (Wildman–Crippen MR) is 77.6 cm³/mol. The molecule has 0 saturated carbocycles. The number of anilines is 1. The fourth-order valence-electron chi connectivity index (χ4n) is 1.85. The predicted octanol–water partition coefficient (Wildman–Crippen LogP) is 3.56. The molecule has 0 radical (unpaired) electrons. The molecule has 0 N–H and O–H groups in total. The third kappa shape index (κ3) is 2.57. The minimum absolute atomic E-state index is 0.0161. The quantitative estimate of drug-likeness (QED) is 0.816. The van der Waals surface area contributed by atoms with Gasteiger partial charge in [0.2, 0.25) is 0 Å². The van der Waals surface area contributed by atoms with Crippen LogP contribution in [-0.2, 0) is 0 Å². The molecule has 0 atom stereocenters. The largest absolute Gasteiger partial charge is 0.311 e. The second kappa shape index (κ2) is 5.27. The molecule has 92 valence electrons. The number of rotatable bonds is 2. The molecule has 2 aromatic carbocycles. The Labute approximate surface area is 113 Å². The van der Waals surface area contributed by atoms with Gasteiger partial charge in [-0.3, -0.25) is 4.79 Å². The number of aryl methyl sites for hydroxylation is 1. The molecule has 0 bridgehead atoms. The first-order valence-electron chi connectivity index (χ1n) is 5.72. The molecular weight excluding hydrogens is 242 g/mol. The van der Waals surface area contributed by atoms with Crippen LogP contribution in [-0.4, -0.2) is 13.0 Å². The zero-order valence-electron chi connectivity index (χ0n) is 10.4. The van der Waals surface area contributed by atoms with E-state index in [2.05, 4.69) is 12.6 Å². The number of benzene rings is 2. The Kier molecular flexibility index (Phi) is 3.72. The third-order valence-electron chi connectivity index (χ3n) is 2.90. The van der Waals surface area contributed by atoms with Crippen LogP contribution in [0.2, 0.25) is 0 Å². The fourth-order valence-corrected chi connectivity index (χ4v) is 2.00. The maximum atomic E-state index is 12.3. The normalized spacial score (nSPS) is 10.2. The topological polar surface area (TPSA) is 20.3 Å². The monoisotopic (exact) mass is 257 g/mol. The highest BCUT2D eigenvalue weighted by atomic mass is 32.1. The first-order valence-corrected chi connectivity index (χ1v) is 6.17. The maximum absolute atomic E-state index is 12.3. The van der Waals surface area contributed by atoms with Crippen molar-refractivity contribution in [2.75, 3.05) is 11.9 Å². The van der Waals surface area contributed by atoms with Gasteiger partial charge in [0.15, 0.2) is 0 Å². The van der Waals surface area contributed by atoms with E-state index < -0.39 is 0 Å². The molecule has 18 heavy (non-hydrogen) atoms. The Morgan fingerprint density at radius 1 is 1.06 bits per heavy atom. The van der Waals surface area contributed by atoms with Crippen LogP contribution in [0.25, 0.3) is 0 Å². The van der Waals surface area contributed by atoms with Gasteiger partial charge in [0.05, 0.1) is 0 Å². The van der Waals surface area contributed by atoms with Crippen molar-refractivity contribution in [3.05, 3.63) is 59.7 Å². The highest BCUT2D eigenvalue weighted by Crippen LogP contribution is 2.20. The van der Waals surface area contributed by atoms with Crippen molar-refractivity contribution in [1.82, 2.24) is 0 Å². The minimum atomic E-state index is -0.0161. The zero-order valence-corrected chi connectivity index (χ0v) is 11.3. The van der Waals surface area contributed by atoms with Crippen molar-refractivity contribution in [3.8, 4) is 0 Å². The lowest BCUT2D eigenvalue weighted by atomic mass is 10.1. The van der Waals surface area contributed by atoms with Gasteiger partial charge in [-0.2, -0.15) is 0 Å². The molecule has 0 spiro atoms. The molecule has 2 rings (SSSR count). The molecule has 2 nitrogen and oxygen atoms in total. The molecule has 0 heterocycles. The van der Waals surface area contributed by atoms with Crippen LogP contribution in [0.5, 0.6) is 0 Å². The van der Waals surface area contributed by atoms with Gasteiger partial charge in [-0.1, -0.05) is 18.2 Å². The third-order valence-corrected chi connectivity index (χ3v) is 3.19. The number of carbonyl (C=O) groups excluding carboxylic acids is 1. The van der Waals surface area contributed by atoms with Gasteiger partial charge in [-0.15, -0.1) is 12.6 Å². The molecular formula is C15H15NOS. The van der Waals surface area contributed by atoms with E-state index in [1.165, 1.54) is 0 Å². The molecule has 0 aliphatic rings. The summed E-state index contributed by atoms with van der Waals surface area (Å²) >= 11 is 4.21. The molecule has 0 aliphatic carbocycles. The Morgan fingerprint density at radius 3 is 2.28 bits per heavy atom. The number of hydrogen-bond donors (Lipinski definition) is 1. The standard InChI is InChI=1S/C15H15NOS/c1-11-5-3-4-6-14(11)16(2)15(17)12-7-9-13(18)10-8-12/h3-10,18H,1-2H3. The number of thiol groups is 1. The number of para-hydroxylation sites is 1. The summed E-state index contributed by atoms with van der Waals surface area (Å²) in [6.45, 7) is 2.00.